The maximum atomic E-state index is 4.02. The van der Waals surface area contributed by atoms with Crippen LogP contribution >= 0.6 is 0 Å². The number of rotatable bonds is 2. The van der Waals surface area contributed by atoms with Gasteiger partial charge in [-0.2, -0.15) is 0 Å². The first-order chi connectivity index (χ1) is 7.71. The highest BCUT2D eigenvalue weighted by Crippen LogP contribution is 2.40. The molecule has 96 valence electrons. The molecule has 0 saturated carbocycles. The third kappa shape index (κ3) is 3.87. The summed E-state index contributed by atoms with van der Waals surface area (Å²) in [5, 5.41) is 0. The van der Waals surface area contributed by atoms with Crippen molar-refractivity contribution in [2.24, 2.45) is 11.3 Å². The molecular weight excluding hydrogens is 204 g/mol. The van der Waals surface area contributed by atoms with Crippen molar-refractivity contribution in [1.29, 1.82) is 0 Å². The topological polar surface area (TPSA) is 0 Å². The van der Waals surface area contributed by atoms with Crippen molar-refractivity contribution in [2.45, 2.75) is 60.8 Å². The van der Waals surface area contributed by atoms with Gasteiger partial charge in [-0.25, -0.2) is 0 Å². The summed E-state index contributed by atoms with van der Waals surface area (Å²) in [6, 6.07) is 0. The van der Waals surface area contributed by atoms with E-state index in [0.717, 1.165) is 5.92 Å². The summed E-state index contributed by atoms with van der Waals surface area (Å²) >= 11 is 0. The minimum Gasteiger partial charge on any atom is -0.0958 e. The molecule has 0 heterocycles. The summed E-state index contributed by atoms with van der Waals surface area (Å²) in [5.74, 6) is 0.815. The first-order valence-corrected chi connectivity index (χ1v) is 6.74. The molecule has 0 amide bonds. The molecule has 0 spiro atoms. The van der Waals surface area contributed by atoms with Crippen molar-refractivity contribution in [2.75, 3.05) is 0 Å². The van der Waals surface area contributed by atoms with E-state index >= 15 is 0 Å². The molecule has 0 aromatic carbocycles. The maximum absolute atomic E-state index is 4.02. The molecule has 0 aromatic rings. The zero-order chi connectivity index (χ0) is 13.2. The Balaban J connectivity index is 2.91. The largest absolute Gasteiger partial charge is 0.0958 e. The lowest BCUT2D eigenvalue weighted by Gasteiger charge is -2.35. The van der Waals surface area contributed by atoms with Gasteiger partial charge < -0.3 is 0 Å². The predicted molar refractivity (Wildman–Crippen MR) is 78.1 cm³/mol. The molecule has 0 N–H and O–H groups in total. The molecule has 0 aliphatic heterocycles. The molecular formula is C17H28. The first kappa shape index (κ1) is 14.3. The number of hydrogen-bond donors (Lipinski definition) is 0. The first-order valence-electron chi connectivity index (χ1n) is 6.74. The molecule has 17 heavy (non-hydrogen) atoms. The van der Waals surface area contributed by atoms with Gasteiger partial charge in [0.25, 0.3) is 0 Å². The molecule has 0 radical (unpaired) electrons. The average molecular weight is 232 g/mol. The van der Waals surface area contributed by atoms with Gasteiger partial charge in [0, 0.05) is 0 Å². The van der Waals surface area contributed by atoms with Gasteiger partial charge in [-0.15, -0.1) is 0 Å². The Kier molecular flexibility index (Phi) is 4.41. The molecule has 1 aliphatic rings. The highest BCUT2D eigenvalue weighted by atomic mass is 14.3. The Bertz CT molecular complexity index is 358. The SMILES string of the molecule is C=C(C)/C(C)=C\C1=C(C)CC[C@H](C(C)(C)C)C1. The summed E-state index contributed by atoms with van der Waals surface area (Å²) in [7, 11) is 0. The zero-order valence-corrected chi connectivity index (χ0v) is 12.5. The van der Waals surface area contributed by atoms with Crippen LogP contribution in [0.5, 0.6) is 0 Å². The van der Waals surface area contributed by atoms with Crippen LogP contribution in [0.1, 0.15) is 60.8 Å². The second-order valence-corrected chi connectivity index (χ2v) is 6.72. The van der Waals surface area contributed by atoms with Crippen LogP contribution in [-0.4, -0.2) is 0 Å². The lowest BCUT2D eigenvalue weighted by atomic mass is 9.70. The van der Waals surface area contributed by atoms with Gasteiger partial charge in [-0.1, -0.05) is 44.6 Å². The van der Waals surface area contributed by atoms with E-state index < -0.39 is 0 Å². The molecule has 0 bridgehead atoms. The van der Waals surface area contributed by atoms with E-state index in [1.54, 1.807) is 11.1 Å². The summed E-state index contributed by atoms with van der Waals surface area (Å²) in [5.41, 5.74) is 6.07. The molecule has 0 unspecified atom stereocenters. The second kappa shape index (κ2) is 5.25. The molecule has 0 heteroatoms. The van der Waals surface area contributed by atoms with Crippen LogP contribution in [-0.2, 0) is 0 Å². The van der Waals surface area contributed by atoms with E-state index in [0.29, 0.717) is 5.41 Å². The third-order valence-corrected chi connectivity index (χ3v) is 4.17. The van der Waals surface area contributed by atoms with Crippen molar-refractivity contribution >= 4 is 0 Å². The summed E-state index contributed by atoms with van der Waals surface area (Å²) < 4.78 is 0. The van der Waals surface area contributed by atoms with Crippen molar-refractivity contribution in [3.63, 3.8) is 0 Å². The van der Waals surface area contributed by atoms with Crippen molar-refractivity contribution in [1.82, 2.24) is 0 Å². The van der Waals surface area contributed by atoms with Gasteiger partial charge in [0.05, 0.1) is 0 Å². The van der Waals surface area contributed by atoms with E-state index in [-0.39, 0.29) is 0 Å². The van der Waals surface area contributed by atoms with Crippen LogP contribution in [0.4, 0.5) is 0 Å². The highest BCUT2D eigenvalue weighted by molar-refractivity contribution is 5.36. The van der Waals surface area contributed by atoms with E-state index in [9.17, 15) is 0 Å². The van der Waals surface area contributed by atoms with Crippen LogP contribution in [0.25, 0.3) is 0 Å². The van der Waals surface area contributed by atoms with Crippen LogP contribution in [0.3, 0.4) is 0 Å². The number of allylic oxidation sites excluding steroid dienone is 5. The summed E-state index contributed by atoms with van der Waals surface area (Å²) in [4.78, 5) is 0. The fourth-order valence-corrected chi connectivity index (χ4v) is 2.40. The monoisotopic (exact) mass is 232 g/mol. The Morgan fingerprint density at radius 1 is 1.29 bits per heavy atom. The highest BCUT2D eigenvalue weighted by Gasteiger charge is 2.28. The minimum absolute atomic E-state index is 0.427. The van der Waals surface area contributed by atoms with Gasteiger partial charge in [-0.05, 0) is 62.5 Å². The quantitative estimate of drug-likeness (QED) is 0.538. The summed E-state index contributed by atoms with van der Waals surface area (Å²) in [6.07, 6.45) is 6.20. The Hall–Kier alpha value is -0.780. The molecule has 0 fully saturated rings. The molecule has 0 nitrogen and oxygen atoms in total. The molecule has 1 aliphatic carbocycles. The van der Waals surface area contributed by atoms with Crippen LogP contribution in [0.2, 0.25) is 0 Å². The summed E-state index contributed by atoms with van der Waals surface area (Å²) in [6.45, 7) is 17.7. The van der Waals surface area contributed by atoms with Crippen LogP contribution in [0, 0.1) is 11.3 Å². The van der Waals surface area contributed by atoms with Crippen LogP contribution < -0.4 is 0 Å². The second-order valence-electron chi connectivity index (χ2n) is 6.72. The van der Waals surface area contributed by atoms with Crippen molar-refractivity contribution < 1.29 is 0 Å². The van der Waals surface area contributed by atoms with Crippen molar-refractivity contribution in [3.05, 3.63) is 34.9 Å². The zero-order valence-electron chi connectivity index (χ0n) is 12.5. The molecule has 0 aromatic heterocycles. The Morgan fingerprint density at radius 3 is 2.35 bits per heavy atom. The van der Waals surface area contributed by atoms with Crippen molar-refractivity contribution in [3.8, 4) is 0 Å². The van der Waals surface area contributed by atoms with E-state index in [4.69, 9.17) is 0 Å². The maximum Gasteiger partial charge on any atom is -0.0246 e. The third-order valence-electron chi connectivity index (χ3n) is 4.17. The minimum atomic E-state index is 0.427. The lowest BCUT2D eigenvalue weighted by Crippen LogP contribution is -2.23. The fourth-order valence-electron chi connectivity index (χ4n) is 2.40. The van der Waals surface area contributed by atoms with E-state index in [1.165, 1.54) is 30.4 Å². The van der Waals surface area contributed by atoms with Gasteiger partial charge in [-0.3, -0.25) is 0 Å². The van der Waals surface area contributed by atoms with Gasteiger partial charge in [0.15, 0.2) is 0 Å². The number of hydrogen-bond acceptors (Lipinski definition) is 0. The Morgan fingerprint density at radius 2 is 1.88 bits per heavy atom. The smallest absolute Gasteiger partial charge is 0.0246 e. The normalized spacial score (nSPS) is 22.9. The average Bonchev–Trinajstić information content (AvgIpc) is 2.19. The molecule has 0 saturated heterocycles. The van der Waals surface area contributed by atoms with Gasteiger partial charge >= 0.3 is 0 Å². The standard InChI is InChI=1S/C17H28/c1-12(2)14(4)10-15-11-16(17(5,6)7)9-8-13(15)3/h10,16H,1,8-9,11H2,2-7H3/b14-10-/t16-/m0/s1. The predicted octanol–water partition coefficient (Wildman–Crippen LogP) is 5.67. The Labute approximate surface area is 108 Å². The fraction of sp³-hybridized carbons (Fsp3) is 0.647. The molecule has 1 rings (SSSR count). The van der Waals surface area contributed by atoms with Crippen LogP contribution in [0.15, 0.2) is 34.9 Å². The lowest BCUT2D eigenvalue weighted by molar-refractivity contribution is 0.217. The molecule has 1 atom stereocenters. The van der Waals surface area contributed by atoms with E-state index in [2.05, 4.69) is 54.2 Å². The van der Waals surface area contributed by atoms with Gasteiger partial charge in [0.1, 0.15) is 0 Å². The van der Waals surface area contributed by atoms with Gasteiger partial charge in [0.2, 0.25) is 0 Å². The van der Waals surface area contributed by atoms with E-state index in [1.807, 2.05) is 0 Å².